The summed E-state index contributed by atoms with van der Waals surface area (Å²) >= 11 is 0. The van der Waals surface area contributed by atoms with Crippen molar-refractivity contribution < 1.29 is 19.1 Å². The standard InChI is InChI=1S/C21H22N2O4/c1-13-10-17(26-2)18(27-3)11-15(13)12-23-19(24)21(22-20(23)25)9-8-14-6-4-5-7-16(14)21/h4-7,10-11H,8-9,12H2,1-3H3,(H,22,25). The van der Waals surface area contributed by atoms with E-state index in [1.165, 1.54) is 4.90 Å². The summed E-state index contributed by atoms with van der Waals surface area (Å²) in [5.41, 5.74) is 2.88. The molecule has 6 nitrogen and oxygen atoms in total. The lowest BCUT2D eigenvalue weighted by Crippen LogP contribution is -2.41. The molecule has 1 aliphatic carbocycles. The van der Waals surface area contributed by atoms with Crippen molar-refractivity contribution >= 4 is 11.9 Å². The predicted molar refractivity (Wildman–Crippen MR) is 99.8 cm³/mol. The fraction of sp³-hybridized carbons (Fsp3) is 0.333. The van der Waals surface area contributed by atoms with E-state index in [0.29, 0.717) is 17.9 Å². The van der Waals surface area contributed by atoms with Crippen molar-refractivity contribution in [3.05, 3.63) is 58.7 Å². The van der Waals surface area contributed by atoms with Gasteiger partial charge in [0.2, 0.25) is 0 Å². The molecule has 3 amide bonds. The van der Waals surface area contributed by atoms with Gasteiger partial charge in [0.25, 0.3) is 5.91 Å². The molecular weight excluding hydrogens is 344 g/mol. The Morgan fingerprint density at radius 1 is 1.11 bits per heavy atom. The number of imide groups is 1. The van der Waals surface area contributed by atoms with Crippen LogP contribution in [-0.2, 0) is 23.3 Å². The van der Waals surface area contributed by atoms with E-state index in [0.717, 1.165) is 28.7 Å². The van der Waals surface area contributed by atoms with E-state index in [4.69, 9.17) is 9.47 Å². The molecule has 6 heteroatoms. The summed E-state index contributed by atoms with van der Waals surface area (Å²) in [5, 5.41) is 2.96. The van der Waals surface area contributed by atoms with Gasteiger partial charge in [0.05, 0.1) is 20.8 Å². The highest BCUT2D eigenvalue weighted by Gasteiger charge is 2.55. The average Bonchev–Trinajstić information content (AvgIpc) is 3.16. The van der Waals surface area contributed by atoms with Crippen molar-refractivity contribution in [3.8, 4) is 11.5 Å². The monoisotopic (exact) mass is 366 g/mol. The van der Waals surface area contributed by atoms with E-state index in [1.807, 2.05) is 43.3 Å². The van der Waals surface area contributed by atoms with Gasteiger partial charge in [0.15, 0.2) is 11.5 Å². The van der Waals surface area contributed by atoms with Gasteiger partial charge < -0.3 is 14.8 Å². The van der Waals surface area contributed by atoms with E-state index in [1.54, 1.807) is 14.2 Å². The maximum absolute atomic E-state index is 13.3. The van der Waals surface area contributed by atoms with Crippen molar-refractivity contribution in [2.75, 3.05) is 14.2 Å². The van der Waals surface area contributed by atoms with Gasteiger partial charge in [-0.05, 0) is 54.2 Å². The summed E-state index contributed by atoms with van der Waals surface area (Å²) < 4.78 is 10.7. The zero-order valence-electron chi connectivity index (χ0n) is 15.7. The van der Waals surface area contributed by atoms with Crippen molar-refractivity contribution in [2.45, 2.75) is 31.8 Å². The predicted octanol–water partition coefficient (Wildman–Crippen LogP) is 2.91. The Morgan fingerprint density at radius 2 is 1.81 bits per heavy atom. The van der Waals surface area contributed by atoms with Gasteiger partial charge in [-0.3, -0.25) is 9.69 Å². The largest absolute Gasteiger partial charge is 0.493 e. The molecular formula is C21H22N2O4. The smallest absolute Gasteiger partial charge is 0.325 e. The second-order valence-electron chi connectivity index (χ2n) is 7.02. The van der Waals surface area contributed by atoms with Crippen LogP contribution in [0.5, 0.6) is 11.5 Å². The van der Waals surface area contributed by atoms with Crippen LogP contribution in [-0.4, -0.2) is 31.1 Å². The molecule has 2 aromatic rings. The number of rotatable bonds is 4. The molecule has 1 heterocycles. The number of benzene rings is 2. The minimum atomic E-state index is -0.932. The second-order valence-corrected chi connectivity index (χ2v) is 7.02. The molecule has 1 aliphatic heterocycles. The highest BCUT2D eigenvalue weighted by atomic mass is 16.5. The molecule has 0 radical (unpaired) electrons. The molecule has 140 valence electrons. The molecule has 2 aliphatic rings. The Kier molecular flexibility index (Phi) is 4.06. The van der Waals surface area contributed by atoms with E-state index in [2.05, 4.69) is 5.32 Å². The lowest BCUT2D eigenvalue weighted by molar-refractivity contribution is -0.132. The first kappa shape index (κ1) is 17.4. The number of nitrogens with zero attached hydrogens (tertiary/aromatic N) is 1. The lowest BCUT2D eigenvalue weighted by Gasteiger charge is -2.22. The van der Waals surface area contributed by atoms with Crippen LogP contribution < -0.4 is 14.8 Å². The van der Waals surface area contributed by atoms with Crippen LogP contribution in [0.2, 0.25) is 0 Å². The minimum absolute atomic E-state index is 0.188. The molecule has 0 saturated carbocycles. The van der Waals surface area contributed by atoms with Crippen molar-refractivity contribution in [1.82, 2.24) is 10.2 Å². The molecule has 1 unspecified atom stereocenters. The van der Waals surface area contributed by atoms with Crippen molar-refractivity contribution in [1.29, 1.82) is 0 Å². The number of urea groups is 1. The summed E-state index contributed by atoms with van der Waals surface area (Å²) in [5.74, 6) is 1.01. The second kappa shape index (κ2) is 6.30. The van der Waals surface area contributed by atoms with E-state index < -0.39 is 5.54 Å². The summed E-state index contributed by atoms with van der Waals surface area (Å²) in [7, 11) is 3.14. The number of hydrogen-bond acceptors (Lipinski definition) is 4. The number of aryl methyl sites for hydroxylation is 2. The fourth-order valence-corrected chi connectivity index (χ4v) is 4.10. The molecule has 1 atom stereocenters. The van der Waals surface area contributed by atoms with Gasteiger partial charge in [-0.15, -0.1) is 0 Å². The molecule has 1 saturated heterocycles. The van der Waals surface area contributed by atoms with Gasteiger partial charge in [0, 0.05) is 0 Å². The summed E-state index contributed by atoms with van der Waals surface area (Å²) in [6, 6.07) is 11.1. The van der Waals surface area contributed by atoms with Crippen molar-refractivity contribution in [3.63, 3.8) is 0 Å². The number of hydrogen-bond donors (Lipinski definition) is 1. The third-order valence-corrected chi connectivity index (χ3v) is 5.59. The number of ether oxygens (including phenoxy) is 2. The number of carbonyl (C=O) groups is 2. The van der Waals surface area contributed by atoms with Gasteiger partial charge in [0.1, 0.15) is 5.54 Å². The van der Waals surface area contributed by atoms with Crippen LogP contribution in [0.4, 0.5) is 4.79 Å². The molecule has 1 spiro atoms. The average molecular weight is 366 g/mol. The summed E-state index contributed by atoms with van der Waals surface area (Å²) in [6.45, 7) is 2.12. The van der Waals surface area contributed by atoms with Crippen LogP contribution >= 0.6 is 0 Å². The third kappa shape index (κ3) is 2.55. The Balaban J connectivity index is 1.67. The zero-order chi connectivity index (χ0) is 19.2. The topological polar surface area (TPSA) is 67.9 Å². The third-order valence-electron chi connectivity index (χ3n) is 5.59. The number of amides is 3. The fourth-order valence-electron chi connectivity index (χ4n) is 4.10. The molecule has 2 aromatic carbocycles. The first-order chi connectivity index (χ1) is 13.0. The number of carbonyl (C=O) groups excluding carboxylic acids is 2. The Labute approximate surface area is 158 Å². The number of fused-ring (bicyclic) bond motifs is 2. The van der Waals surface area contributed by atoms with Crippen LogP contribution in [0, 0.1) is 6.92 Å². The maximum Gasteiger partial charge on any atom is 0.325 e. The lowest BCUT2D eigenvalue weighted by atomic mass is 9.91. The highest BCUT2D eigenvalue weighted by molar-refractivity contribution is 6.08. The van der Waals surface area contributed by atoms with Gasteiger partial charge in [-0.25, -0.2) is 4.79 Å². The molecule has 1 fully saturated rings. The van der Waals surface area contributed by atoms with Gasteiger partial charge in [-0.1, -0.05) is 24.3 Å². The molecule has 0 aromatic heterocycles. The number of methoxy groups -OCH3 is 2. The molecule has 27 heavy (non-hydrogen) atoms. The van der Waals surface area contributed by atoms with Crippen LogP contribution in [0.15, 0.2) is 36.4 Å². The highest BCUT2D eigenvalue weighted by Crippen LogP contribution is 2.42. The zero-order valence-corrected chi connectivity index (χ0v) is 15.7. The molecule has 4 rings (SSSR count). The molecule has 1 N–H and O–H groups in total. The quantitative estimate of drug-likeness (QED) is 0.845. The minimum Gasteiger partial charge on any atom is -0.493 e. The summed E-state index contributed by atoms with van der Waals surface area (Å²) in [4.78, 5) is 27.3. The Morgan fingerprint density at radius 3 is 2.56 bits per heavy atom. The first-order valence-electron chi connectivity index (χ1n) is 8.94. The first-order valence-corrected chi connectivity index (χ1v) is 8.94. The van der Waals surface area contributed by atoms with Gasteiger partial charge in [-0.2, -0.15) is 0 Å². The van der Waals surface area contributed by atoms with Gasteiger partial charge >= 0.3 is 6.03 Å². The Bertz CT molecular complexity index is 940. The van der Waals surface area contributed by atoms with Crippen LogP contribution in [0.25, 0.3) is 0 Å². The van der Waals surface area contributed by atoms with E-state index >= 15 is 0 Å². The van der Waals surface area contributed by atoms with E-state index in [9.17, 15) is 9.59 Å². The molecule has 0 bridgehead atoms. The number of nitrogens with one attached hydrogen (secondary N) is 1. The normalized spacial score (nSPS) is 20.8. The SMILES string of the molecule is COc1cc(C)c(CN2C(=O)NC3(CCc4ccccc43)C2=O)cc1OC. The Hall–Kier alpha value is -3.02. The summed E-state index contributed by atoms with van der Waals surface area (Å²) in [6.07, 6.45) is 1.38. The van der Waals surface area contributed by atoms with Crippen molar-refractivity contribution in [2.24, 2.45) is 0 Å². The van der Waals surface area contributed by atoms with Crippen LogP contribution in [0.1, 0.15) is 28.7 Å². The van der Waals surface area contributed by atoms with E-state index in [-0.39, 0.29) is 18.5 Å². The maximum atomic E-state index is 13.3. The van der Waals surface area contributed by atoms with Crippen LogP contribution in [0.3, 0.4) is 0 Å².